The highest BCUT2D eigenvalue weighted by molar-refractivity contribution is 6.32. The zero-order valence-corrected chi connectivity index (χ0v) is 10.8. The number of piperazine rings is 1. The number of carbonyl (C=O) groups is 2. The van der Waals surface area contributed by atoms with Crippen LogP contribution in [0, 0.1) is 0 Å². The zero-order chi connectivity index (χ0) is 13.3. The van der Waals surface area contributed by atoms with E-state index in [-0.39, 0.29) is 18.4 Å². The number of ether oxygens (including phenoxy) is 1. The molecule has 0 spiro atoms. The van der Waals surface area contributed by atoms with E-state index in [4.69, 9.17) is 16.3 Å². The average molecular weight is 269 g/mol. The molecule has 0 saturated carbocycles. The van der Waals surface area contributed by atoms with Gasteiger partial charge in [0.25, 0.3) is 0 Å². The van der Waals surface area contributed by atoms with Crippen molar-refractivity contribution in [2.75, 3.05) is 18.6 Å². The predicted molar refractivity (Wildman–Crippen MR) is 68.0 cm³/mol. The van der Waals surface area contributed by atoms with Crippen molar-refractivity contribution < 1.29 is 14.3 Å². The Balaban J connectivity index is 2.37. The van der Waals surface area contributed by atoms with Crippen molar-refractivity contribution in [1.82, 2.24) is 5.32 Å². The molecule has 1 fully saturated rings. The molecule has 1 aliphatic heterocycles. The molecule has 1 saturated heterocycles. The second-order valence-electron chi connectivity index (χ2n) is 3.98. The summed E-state index contributed by atoms with van der Waals surface area (Å²) in [5.41, 5.74) is 0.591. The fraction of sp³-hybridized carbons (Fsp3) is 0.333. The Morgan fingerprint density at radius 1 is 1.44 bits per heavy atom. The molecule has 0 radical (unpaired) electrons. The monoisotopic (exact) mass is 268 g/mol. The first kappa shape index (κ1) is 12.7. The third kappa shape index (κ3) is 2.13. The summed E-state index contributed by atoms with van der Waals surface area (Å²) in [5, 5.41) is 2.93. The number of amides is 2. The lowest BCUT2D eigenvalue weighted by molar-refractivity contribution is -0.130. The number of nitrogens with zero attached hydrogens (tertiary/aromatic N) is 1. The number of nitrogens with one attached hydrogen (secondary N) is 1. The molecule has 1 aromatic rings. The normalized spacial score (nSPS) is 19.7. The van der Waals surface area contributed by atoms with Crippen LogP contribution in [-0.4, -0.2) is 31.5 Å². The number of benzene rings is 1. The van der Waals surface area contributed by atoms with Crippen LogP contribution in [0.2, 0.25) is 5.02 Å². The minimum absolute atomic E-state index is 0.00677. The second kappa shape index (κ2) is 4.86. The van der Waals surface area contributed by atoms with Crippen LogP contribution in [0.15, 0.2) is 18.2 Å². The van der Waals surface area contributed by atoms with Gasteiger partial charge in [0.2, 0.25) is 11.8 Å². The van der Waals surface area contributed by atoms with Crippen LogP contribution in [0.4, 0.5) is 5.69 Å². The Morgan fingerprint density at radius 3 is 2.78 bits per heavy atom. The summed E-state index contributed by atoms with van der Waals surface area (Å²) >= 11 is 6.02. The maximum atomic E-state index is 11.9. The van der Waals surface area contributed by atoms with E-state index in [0.717, 1.165) is 0 Å². The van der Waals surface area contributed by atoms with Crippen molar-refractivity contribution in [3.63, 3.8) is 0 Å². The second-order valence-corrected chi connectivity index (χ2v) is 4.38. The fourth-order valence-corrected chi connectivity index (χ4v) is 2.15. The first-order chi connectivity index (χ1) is 8.54. The van der Waals surface area contributed by atoms with Crippen molar-refractivity contribution in [2.45, 2.75) is 13.0 Å². The molecule has 5 nitrogen and oxygen atoms in total. The van der Waals surface area contributed by atoms with E-state index in [2.05, 4.69) is 5.32 Å². The van der Waals surface area contributed by atoms with Crippen molar-refractivity contribution in [2.24, 2.45) is 0 Å². The summed E-state index contributed by atoms with van der Waals surface area (Å²) in [5.74, 6) is 0.187. The molecule has 1 N–H and O–H groups in total. The number of hydrogen-bond donors (Lipinski definition) is 1. The Morgan fingerprint density at radius 2 is 2.17 bits per heavy atom. The van der Waals surface area contributed by atoms with Gasteiger partial charge < -0.3 is 10.1 Å². The molecule has 0 aromatic heterocycles. The maximum absolute atomic E-state index is 11.9. The SMILES string of the molecule is COc1ccc(N2C(=O)CNC(=O)C2C)cc1Cl. The molecule has 0 bridgehead atoms. The quantitative estimate of drug-likeness (QED) is 0.877. The molecule has 2 rings (SSSR count). The van der Waals surface area contributed by atoms with Crippen molar-refractivity contribution >= 4 is 29.1 Å². The minimum atomic E-state index is -0.546. The van der Waals surface area contributed by atoms with Crippen LogP contribution in [0.5, 0.6) is 5.75 Å². The number of rotatable bonds is 2. The van der Waals surface area contributed by atoms with E-state index in [1.807, 2.05) is 0 Å². The standard InChI is InChI=1S/C12H13ClN2O3/c1-7-12(17)14-6-11(16)15(7)8-3-4-10(18-2)9(13)5-8/h3-5,7H,6H2,1-2H3,(H,14,17). The largest absolute Gasteiger partial charge is 0.495 e. The molecule has 1 unspecified atom stereocenters. The van der Waals surface area contributed by atoms with Gasteiger partial charge in [-0.1, -0.05) is 11.6 Å². The van der Waals surface area contributed by atoms with Crippen LogP contribution < -0.4 is 15.0 Å². The molecule has 1 heterocycles. The molecule has 1 aromatic carbocycles. The summed E-state index contributed by atoms with van der Waals surface area (Å²) in [6, 6.07) is 4.45. The van der Waals surface area contributed by atoms with Gasteiger partial charge in [0.05, 0.1) is 18.7 Å². The molecule has 2 amide bonds. The first-order valence-electron chi connectivity index (χ1n) is 5.48. The maximum Gasteiger partial charge on any atom is 0.247 e. The highest BCUT2D eigenvalue weighted by Gasteiger charge is 2.32. The van der Waals surface area contributed by atoms with E-state index in [0.29, 0.717) is 16.5 Å². The van der Waals surface area contributed by atoms with Crippen LogP contribution in [0.1, 0.15) is 6.92 Å². The topological polar surface area (TPSA) is 58.6 Å². The Kier molecular flexibility index (Phi) is 3.43. The van der Waals surface area contributed by atoms with Crippen molar-refractivity contribution in [3.05, 3.63) is 23.2 Å². The van der Waals surface area contributed by atoms with E-state index >= 15 is 0 Å². The molecule has 6 heteroatoms. The van der Waals surface area contributed by atoms with E-state index in [1.54, 1.807) is 25.1 Å². The summed E-state index contributed by atoms with van der Waals surface area (Å²) in [4.78, 5) is 24.9. The van der Waals surface area contributed by atoms with E-state index in [9.17, 15) is 9.59 Å². The van der Waals surface area contributed by atoms with Gasteiger partial charge >= 0.3 is 0 Å². The van der Waals surface area contributed by atoms with E-state index < -0.39 is 6.04 Å². The van der Waals surface area contributed by atoms with Gasteiger partial charge in [0.15, 0.2) is 0 Å². The Hall–Kier alpha value is -1.75. The molecule has 1 aliphatic rings. The Labute approximate surface area is 110 Å². The van der Waals surface area contributed by atoms with Gasteiger partial charge in [-0.2, -0.15) is 0 Å². The molecular formula is C12H13ClN2O3. The lowest BCUT2D eigenvalue weighted by Gasteiger charge is -2.32. The third-order valence-corrected chi connectivity index (χ3v) is 3.16. The van der Waals surface area contributed by atoms with Crippen LogP contribution >= 0.6 is 11.6 Å². The van der Waals surface area contributed by atoms with Gasteiger partial charge in [0.1, 0.15) is 11.8 Å². The highest BCUT2D eigenvalue weighted by atomic mass is 35.5. The van der Waals surface area contributed by atoms with Crippen LogP contribution in [0.3, 0.4) is 0 Å². The number of hydrogen-bond acceptors (Lipinski definition) is 3. The number of carbonyl (C=O) groups excluding carboxylic acids is 2. The van der Waals surface area contributed by atoms with Gasteiger partial charge in [-0.3, -0.25) is 14.5 Å². The fourth-order valence-electron chi connectivity index (χ4n) is 1.90. The van der Waals surface area contributed by atoms with Crippen LogP contribution in [-0.2, 0) is 9.59 Å². The third-order valence-electron chi connectivity index (χ3n) is 2.86. The smallest absolute Gasteiger partial charge is 0.247 e. The minimum Gasteiger partial charge on any atom is -0.495 e. The number of anilines is 1. The molecule has 1 atom stereocenters. The first-order valence-corrected chi connectivity index (χ1v) is 5.85. The molecule has 18 heavy (non-hydrogen) atoms. The van der Waals surface area contributed by atoms with Gasteiger partial charge in [0, 0.05) is 5.69 Å². The van der Waals surface area contributed by atoms with Crippen LogP contribution in [0.25, 0.3) is 0 Å². The number of methoxy groups -OCH3 is 1. The highest BCUT2D eigenvalue weighted by Crippen LogP contribution is 2.30. The summed E-state index contributed by atoms with van der Waals surface area (Å²) in [7, 11) is 1.52. The van der Waals surface area contributed by atoms with Gasteiger partial charge in [-0.25, -0.2) is 0 Å². The molecular weight excluding hydrogens is 256 g/mol. The van der Waals surface area contributed by atoms with Gasteiger partial charge in [-0.15, -0.1) is 0 Å². The van der Waals surface area contributed by atoms with Gasteiger partial charge in [-0.05, 0) is 25.1 Å². The lowest BCUT2D eigenvalue weighted by atomic mass is 10.1. The molecule has 0 aliphatic carbocycles. The number of halogens is 1. The summed E-state index contributed by atoms with van der Waals surface area (Å²) in [6.45, 7) is 1.68. The zero-order valence-electron chi connectivity index (χ0n) is 10.1. The van der Waals surface area contributed by atoms with E-state index in [1.165, 1.54) is 12.0 Å². The van der Waals surface area contributed by atoms with Crippen molar-refractivity contribution in [3.8, 4) is 5.75 Å². The summed E-state index contributed by atoms with van der Waals surface area (Å²) < 4.78 is 5.05. The van der Waals surface area contributed by atoms with Crippen molar-refractivity contribution in [1.29, 1.82) is 0 Å². The predicted octanol–water partition coefficient (Wildman–Crippen LogP) is 1.20. The average Bonchev–Trinajstić information content (AvgIpc) is 2.35. The summed E-state index contributed by atoms with van der Waals surface area (Å²) in [6.07, 6.45) is 0. The molecule has 96 valence electrons. The lowest BCUT2D eigenvalue weighted by Crippen LogP contribution is -2.57. The Bertz CT molecular complexity index is 504.